The zero-order valence-electron chi connectivity index (χ0n) is 14.1. The van der Waals surface area contributed by atoms with E-state index in [1.54, 1.807) is 7.11 Å². The summed E-state index contributed by atoms with van der Waals surface area (Å²) in [5.74, 6) is 2.73. The van der Waals surface area contributed by atoms with Crippen molar-refractivity contribution in [3.05, 3.63) is 29.3 Å². The van der Waals surface area contributed by atoms with Gasteiger partial charge in [0.15, 0.2) is 0 Å². The smallest absolute Gasteiger partial charge is 0.122 e. The van der Waals surface area contributed by atoms with Crippen LogP contribution in [0.3, 0.4) is 0 Å². The first kappa shape index (κ1) is 16.4. The number of nitrogens with one attached hydrogen (secondary N) is 1. The van der Waals surface area contributed by atoms with Gasteiger partial charge in [-0.3, -0.25) is 0 Å². The van der Waals surface area contributed by atoms with Gasteiger partial charge in [0, 0.05) is 6.04 Å². The highest BCUT2D eigenvalue weighted by Crippen LogP contribution is 2.38. The highest BCUT2D eigenvalue weighted by molar-refractivity contribution is 5.38. The van der Waals surface area contributed by atoms with E-state index in [-0.39, 0.29) is 0 Å². The molecule has 1 atom stereocenters. The zero-order valence-corrected chi connectivity index (χ0v) is 14.1. The molecule has 0 saturated heterocycles. The summed E-state index contributed by atoms with van der Waals surface area (Å²) >= 11 is 0. The van der Waals surface area contributed by atoms with Crippen molar-refractivity contribution in [1.29, 1.82) is 0 Å². The van der Waals surface area contributed by atoms with E-state index < -0.39 is 0 Å². The Kier molecular flexibility index (Phi) is 6.10. The van der Waals surface area contributed by atoms with Gasteiger partial charge < -0.3 is 10.1 Å². The molecule has 2 nitrogen and oxygen atoms in total. The molecule has 0 aliphatic heterocycles. The van der Waals surface area contributed by atoms with Gasteiger partial charge in [-0.05, 0) is 55.3 Å². The molecule has 2 rings (SSSR count). The molecule has 21 heavy (non-hydrogen) atoms. The molecule has 0 aromatic heterocycles. The van der Waals surface area contributed by atoms with Crippen LogP contribution in [0.5, 0.6) is 5.75 Å². The molecule has 0 spiro atoms. The predicted molar refractivity (Wildman–Crippen MR) is 89.9 cm³/mol. The van der Waals surface area contributed by atoms with E-state index in [2.05, 4.69) is 44.3 Å². The summed E-state index contributed by atoms with van der Waals surface area (Å²) in [5.41, 5.74) is 2.60. The van der Waals surface area contributed by atoms with Gasteiger partial charge in [0.05, 0.1) is 7.11 Å². The number of hydrogen-bond donors (Lipinski definition) is 1. The van der Waals surface area contributed by atoms with Gasteiger partial charge in [0.25, 0.3) is 0 Å². The summed E-state index contributed by atoms with van der Waals surface area (Å²) in [6.07, 6.45) is 6.84. The molecular weight excluding hydrogens is 258 g/mol. The summed E-state index contributed by atoms with van der Waals surface area (Å²) in [6, 6.07) is 7.17. The molecule has 1 unspecified atom stereocenters. The Hall–Kier alpha value is -1.02. The van der Waals surface area contributed by atoms with Crippen molar-refractivity contribution >= 4 is 0 Å². The maximum Gasteiger partial charge on any atom is 0.122 e. The van der Waals surface area contributed by atoms with Crippen molar-refractivity contribution in [1.82, 2.24) is 5.32 Å². The van der Waals surface area contributed by atoms with E-state index in [9.17, 15) is 0 Å². The average molecular weight is 289 g/mol. The molecule has 1 saturated carbocycles. The minimum absolute atomic E-state index is 0.474. The third-order valence-electron chi connectivity index (χ3n) is 5.16. The van der Waals surface area contributed by atoms with Gasteiger partial charge in [0.2, 0.25) is 0 Å². The maximum atomic E-state index is 5.51. The molecule has 0 heterocycles. The second-order valence-corrected chi connectivity index (χ2v) is 6.45. The number of benzene rings is 1. The average Bonchev–Trinajstić information content (AvgIpc) is 2.53. The Labute approximate surface area is 130 Å². The first-order valence-electron chi connectivity index (χ1n) is 8.57. The lowest BCUT2D eigenvalue weighted by Crippen LogP contribution is -2.31. The van der Waals surface area contributed by atoms with E-state index in [0.717, 1.165) is 24.1 Å². The third kappa shape index (κ3) is 4.00. The van der Waals surface area contributed by atoms with Crippen molar-refractivity contribution in [3.8, 4) is 5.75 Å². The topological polar surface area (TPSA) is 21.3 Å². The van der Waals surface area contributed by atoms with Gasteiger partial charge in [-0.1, -0.05) is 45.2 Å². The quantitative estimate of drug-likeness (QED) is 0.806. The fraction of sp³-hybridized carbons (Fsp3) is 0.684. The highest BCUT2D eigenvalue weighted by atomic mass is 16.5. The molecule has 1 aromatic carbocycles. The van der Waals surface area contributed by atoms with Crippen LogP contribution in [0.15, 0.2) is 18.2 Å². The van der Waals surface area contributed by atoms with Crippen LogP contribution >= 0.6 is 0 Å². The van der Waals surface area contributed by atoms with Crippen molar-refractivity contribution in [2.45, 2.75) is 58.9 Å². The molecule has 1 aliphatic carbocycles. The van der Waals surface area contributed by atoms with Crippen LogP contribution in [-0.2, 0) is 0 Å². The number of ether oxygens (including phenoxy) is 1. The molecule has 1 aliphatic rings. The fourth-order valence-electron chi connectivity index (χ4n) is 3.74. The van der Waals surface area contributed by atoms with Crippen LogP contribution in [0.4, 0.5) is 0 Å². The second kappa shape index (κ2) is 7.84. The standard InChI is InChI=1S/C19H31NO/c1-5-15-8-11-16(12-9-15)19(20-6-2)17-10-7-14(3)18(13-17)21-4/h7,10,13,15-16,19-20H,5-6,8-9,11-12H2,1-4H3. The molecule has 0 radical (unpaired) electrons. The lowest BCUT2D eigenvalue weighted by Gasteiger charge is -2.34. The van der Waals surface area contributed by atoms with Crippen LogP contribution < -0.4 is 10.1 Å². The van der Waals surface area contributed by atoms with Crippen LogP contribution in [0.2, 0.25) is 0 Å². The van der Waals surface area contributed by atoms with Crippen molar-refractivity contribution in [2.24, 2.45) is 11.8 Å². The molecule has 1 N–H and O–H groups in total. The van der Waals surface area contributed by atoms with Gasteiger partial charge in [-0.2, -0.15) is 0 Å². The summed E-state index contributed by atoms with van der Waals surface area (Å²) in [4.78, 5) is 0. The largest absolute Gasteiger partial charge is 0.496 e. The van der Waals surface area contributed by atoms with E-state index in [1.807, 2.05) is 0 Å². The Morgan fingerprint density at radius 2 is 1.90 bits per heavy atom. The molecule has 1 fully saturated rings. The van der Waals surface area contributed by atoms with Crippen LogP contribution in [0.25, 0.3) is 0 Å². The van der Waals surface area contributed by atoms with E-state index in [1.165, 1.54) is 43.2 Å². The minimum Gasteiger partial charge on any atom is -0.496 e. The molecule has 0 amide bonds. The van der Waals surface area contributed by atoms with Crippen molar-refractivity contribution in [2.75, 3.05) is 13.7 Å². The summed E-state index contributed by atoms with van der Waals surface area (Å²) in [5, 5.41) is 3.72. The molecule has 0 bridgehead atoms. The van der Waals surface area contributed by atoms with Crippen LogP contribution in [-0.4, -0.2) is 13.7 Å². The number of aryl methyl sites for hydroxylation is 1. The van der Waals surface area contributed by atoms with E-state index in [0.29, 0.717) is 6.04 Å². The van der Waals surface area contributed by atoms with Gasteiger partial charge in [0.1, 0.15) is 5.75 Å². The zero-order chi connectivity index (χ0) is 15.2. The Morgan fingerprint density at radius 1 is 1.19 bits per heavy atom. The maximum absolute atomic E-state index is 5.51. The van der Waals surface area contributed by atoms with Gasteiger partial charge in [-0.15, -0.1) is 0 Å². The summed E-state index contributed by atoms with van der Waals surface area (Å²) in [7, 11) is 1.76. The van der Waals surface area contributed by atoms with Crippen LogP contribution in [0, 0.1) is 18.8 Å². The SMILES string of the molecule is CCNC(c1ccc(C)c(OC)c1)C1CCC(CC)CC1. The van der Waals surface area contributed by atoms with Crippen LogP contribution in [0.1, 0.15) is 63.1 Å². The molecule has 118 valence electrons. The Bertz CT molecular complexity index is 435. The number of hydrogen-bond acceptors (Lipinski definition) is 2. The van der Waals surface area contributed by atoms with E-state index >= 15 is 0 Å². The number of rotatable bonds is 6. The third-order valence-corrected chi connectivity index (χ3v) is 5.16. The molecular formula is C19H31NO. The molecule has 2 heteroatoms. The lowest BCUT2D eigenvalue weighted by atomic mass is 9.76. The van der Waals surface area contributed by atoms with Crippen molar-refractivity contribution < 1.29 is 4.74 Å². The normalized spacial score (nSPS) is 23.8. The monoisotopic (exact) mass is 289 g/mol. The minimum atomic E-state index is 0.474. The fourth-order valence-corrected chi connectivity index (χ4v) is 3.74. The first-order valence-corrected chi connectivity index (χ1v) is 8.57. The summed E-state index contributed by atoms with van der Waals surface area (Å²) < 4.78 is 5.51. The highest BCUT2D eigenvalue weighted by Gasteiger charge is 2.27. The lowest BCUT2D eigenvalue weighted by molar-refractivity contribution is 0.220. The van der Waals surface area contributed by atoms with Gasteiger partial charge in [-0.25, -0.2) is 0 Å². The Morgan fingerprint density at radius 3 is 2.48 bits per heavy atom. The Balaban J connectivity index is 2.15. The second-order valence-electron chi connectivity index (χ2n) is 6.45. The van der Waals surface area contributed by atoms with Gasteiger partial charge >= 0.3 is 0 Å². The predicted octanol–water partition coefficient (Wildman–Crippen LogP) is 4.87. The van der Waals surface area contributed by atoms with Crippen molar-refractivity contribution in [3.63, 3.8) is 0 Å². The number of methoxy groups -OCH3 is 1. The summed E-state index contributed by atoms with van der Waals surface area (Å²) in [6.45, 7) is 7.67. The first-order chi connectivity index (χ1) is 10.2. The molecule has 1 aromatic rings. The van der Waals surface area contributed by atoms with E-state index in [4.69, 9.17) is 4.74 Å².